The first-order valence-electron chi connectivity index (χ1n) is 6.60. The highest BCUT2D eigenvalue weighted by Crippen LogP contribution is 2.29. The van der Waals surface area contributed by atoms with Crippen molar-refractivity contribution in [1.82, 2.24) is 30.4 Å². The minimum absolute atomic E-state index is 0.838. The first-order chi connectivity index (χ1) is 10.3. The third-order valence-corrected chi connectivity index (χ3v) is 3.38. The number of aromatic amines is 2. The van der Waals surface area contributed by atoms with Crippen LogP contribution in [0, 0.1) is 6.92 Å². The lowest BCUT2D eigenvalue weighted by molar-refractivity contribution is 0.959. The number of fused-ring (bicyclic) bond motifs is 1. The molecule has 4 rings (SSSR count). The third-order valence-electron chi connectivity index (χ3n) is 3.38. The second-order valence-corrected chi connectivity index (χ2v) is 4.83. The summed E-state index contributed by atoms with van der Waals surface area (Å²) in [7, 11) is 0. The van der Waals surface area contributed by atoms with E-state index in [2.05, 4.69) is 30.4 Å². The van der Waals surface area contributed by atoms with E-state index in [0.29, 0.717) is 0 Å². The molecule has 0 unspecified atom stereocenters. The van der Waals surface area contributed by atoms with Gasteiger partial charge in [-0.2, -0.15) is 0 Å². The van der Waals surface area contributed by atoms with Gasteiger partial charge >= 0.3 is 0 Å². The summed E-state index contributed by atoms with van der Waals surface area (Å²) in [5.74, 6) is 0. The monoisotopic (exact) mass is 276 g/mol. The maximum absolute atomic E-state index is 4.55. The summed E-state index contributed by atoms with van der Waals surface area (Å²) in [6.07, 6.45) is 1.68. The van der Waals surface area contributed by atoms with Gasteiger partial charge < -0.3 is 4.98 Å². The van der Waals surface area contributed by atoms with Gasteiger partial charge in [-0.3, -0.25) is 10.1 Å². The van der Waals surface area contributed by atoms with Crippen molar-refractivity contribution in [2.24, 2.45) is 0 Å². The van der Waals surface area contributed by atoms with Crippen molar-refractivity contribution in [2.45, 2.75) is 6.92 Å². The average Bonchev–Trinajstić information content (AvgIpc) is 3.15. The summed E-state index contributed by atoms with van der Waals surface area (Å²) in [6.45, 7) is 1.97. The maximum Gasteiger partial charge on any atom is 0.112 e. The number of imidazole rings is 1. The van der Waals surface area contributed by atoms with E-state index < -0.39 is 0 Å². The van der Waals surface area contributed by atoms with Crippen LogP contribution in [0.4, 0.5) is 0 Å². The minimum atomic E-state index is 0.838. The SMILES string of the molecule is Cc1cccc(-c2[nH]cnc2-c2ccc3nn[nH]c3c2)n1. The van der Waals surface area contributed by atoms with Crippen molar-refractivity contribution >= 4 is 11.0 Å². The molecule has 6 heteroatoms. The Labute approximate surface area is 120 Å². The molecule has 0 radical (unpaired) electrons. The summed E-state index contributed by atoms with van der Waals surface area (Å²) in [4.78, 5) is 12.2. The van der Waals surface area contributed by atoms with Crippen LogP contribution in [0.1, 0.15) is 5.69 Å². The molecule has 2 N–H and O–H groups in total. The molecule has 102 valence electrons. The quantitative estimate of drug-likeness (QED) is 0.589. The molecule has 0 amide bonds. The van der Waals surface area contributed by atoms with Crippen LogP contribution in [0.2, 0.25) is 0 Å². The zero-order valence-corrected chi connectivity index (χ0v) is 11.3. The van der Waals surface area contributed by atoms with Crippen LogP contribution in [-0.4, -0.2) is 30.4 Å². The summed E-state index contributed by atoms with van der Waals surface area (Å²) < 4.78 is 0. The van der Waals surface area contributed by atoms with Gasteiger partial charge in [-0.05, 0) is 31.2 Å². The van der Waals surface area contributed by atoms with E-state index in [1.165, 1.54) is 0 Å². The molecule has 6 nitrogen and oxygen atoms in total. The highest BCUT2D eigenvalue weighted by Gasteiger charge is 2.12. The molecule has 0 saturated heterocycles. The van der Waals surface area contributed by atoms with Gasteiger partial charge in [0.1, 0.15) is 5.52 Å². The molecular weight excluding hydrogens is 264 g/mol. The Kier molecular flexibility index (Phi) is 2.53. The van der Waals surface area contributed by atoms with E-state index in [1.54, 1.807) is 6.33 Å². The fraction of sp³-hybridized carbons (Fsp3) is 0.0667. The second-order valence-electron chi connectivity index (χ2n) is 4.83. The number of aromatic nitrogens is 6. The molecule has 4 aromatic rings. The first-order valence-corrected chi connectivity index (χ1v) is 6.60. The molecule has 0 bridgehead atoms. The Morgan fingerprint density at radius 2 is 2.05 bits per heavy atom. The highest BCUT2D eigenvalue weighted by molar-refractivity contribution is 5.84. The Balaban J connectivity index is 1.88. The van der Waals surface area contributed by atoms with Crippen LogP contribution in [-0.2, 0) is 0 Å². The van der Waals surface area contributed by atoms with Crippen molar-refractivity contribution in [3.8, 4) is 22.6 Å². The van der Waals surface area contributed by atoms with E-state index in [1.807, 2.05) is 43.3 Å². The lowest BCUT2D eigenvalue weighted by Crippen LogP contribution is -1.89. The van der Waals surface area contributed by atoms with E-state index in [-0.39, 0.29) is 0 Å². The molecule has 0 aliphatic heterocycles. The fourth-order valence-electron chi connectivity index (χ4n) is 2.38. The maximum atomic E-state index is 4.55. The lowest BCUT2D eigenvalue weighted by Gasteiger charge is -2.03. The van der Waals surface area contributed by atoms with Crippen LogP contribution >= 0.6 is 0 Å². The molecule has 0 saturated carbocycles. The summed E-state index contributed by atoms with van der Waals surface area (Å²) in [5, 5.41) is 10.7. The van der Waals surface area contributed by atoms with E-state index in [4.69, 9.17) is 0 Å². The Morgan fingerprint density at radius 3 is 2.95 bits per heavy atom. The molecule has 1 aromatic carbocycles. The number of pyridine rings is 1. The van der Waals surface area contributed by atoms with Gasteiger partial charge in [-0.1, -0.05) is 17.3 Å². The number of benzene rings is 1. The normalized spacial score (nSPS) is 11.1. The van der Waals surface area contributed by atoms with Crippen LogP contribution in [0.5, 0.6) is 0 Å². The lowest BCUT2D eigenvalue weighted by atomic mass is 10.1. The fourth-order valence-corrected chi connectivity index (χ4v) is 2.38. The molecular formula is C15H12N6. The van der Waals surface area contributed by atoms with Gasteiger partial charge in [0.15, 0.2) is 0 Å². The first kappa shape index (κ1) is 11.8. The number of nitrogens with zero attached hydrogens (tertiary/aromatic N) is 4. The van der Waals surface area contributed by atoms with E-state index in [0.717, 1.165) is 39.4 Å². The highest BCUT2D eigenvalue weighted by atomic mass is 15.3. The molecule has 21 heavy (non-hydrogen) atoms. The topological polar surface area (TPSA) is 83.1 Å². The van der Waals surface area contributed by atoms with Crippen LogP contribution in [0.15, 0.2) is 42.7 Å². The molecule has 3 aromatic heterocycles. The molecule has 0 atom stereocenters. The predicted octanol–water partition coefficient (Wildman–Crippen LogP) is 2.72. The van der Waals surface area contributed by atoms with Crippen LogP contribution < -0.4 is 0 Å². The van der Waals surface area contributed by atoms with E-state index >= 15 is 0 Å². The molecule has 0 fully saturated rings. The van der Waals surface area contributed by atoms with Crippen molar-refractivity contribution in [3.05, 3.63) is 48.4 Å². The molecule has 0 aliphatic rings. The molecule has 0 aliphatic carbocycles. The van der Waals surface area contributed by atoms with Crippen LogP contribution in [0.25, 0.3) is 33.7 Å². The zero-order valence-electron chi connectivity index (χ0n) is 11.3. The van der Waals surface area contributed by atoms with E-state index in [9.17, 15) is 0 Å². The predicted molar refractivity (Wildman–Crippen MR) is 79.4 cm³/mol. The molecule has 3 heterocycles. The number of hydrogen-bond acceptors (Lipinski definition) is 4. The second kappa shape index (κ2) is 4.52. The Bertz CT molecular complexity index is 920. The summed E-state index contributed by atoms with van der Waals surface area (Å²) in [6, 6.07) is 11.8. The van der Waals surface area contributed by atoms with Gasteiger partial charge in [0.2, 0.25) is 0 Å². The van der Waals surface area contributed by atoms with Crippen molar-refractivity contribution < 1.29 is 0 Å². The number of rotatable bonds is 2. The Morgan fingerprint density at radius 1 is 1.10 bits per heavy atom. The standard InChI is InChI=1S/C15H12N6/c1-9-3-2-4-12(18-9)15-14(16-8-17-15)10-5-6-11-13(7-10)20-21-19-11/h2-8H,1H3,(H,16,17)(H,19,20,21). The average molecular weight is 276 g/mol. The van der Waals surface area contributed by atoms with Gasteiger partial charge in [0.05, 0.1) is 28.9 Å². The molecule has 0 spiro atoms. The minimum Gasteiger partial charge on any atom is -0.343 e. The zero-order chi connectivity index (χ0) is 14.2. The van der Waals surface area contributed by atoms with Gasteiger partial charge in [-0.25, -0.2) is 4.98 Å². The van der Waals surface area contributed by atoms with Gasteiger partial charge in [-0.15, -0.1) is 5.10 Å². The van der Waals surface area contributed by atoms with Crippen LogP contribution in [0.3, 0.4) is 0 Å². The van der Waals surface area contributed by atoms with Gasteiger partial charge in [0.25, 0.3) is 0 Å². The Hall–Kier alpha value is -3.02. The third kappa shape index (κ3) is 1.97. The van der Waals surface area contributed by atoms with Crippen molar-refractivity contribution in [2.75, 3.05) is 0 Å². The largest absolute Gasteiger partial charge is 0.343 e. The summed E-state index contributed by atoms with van der Waals surface area (Å²) >= 11 is 0. The number of hydrogen-bond donors (Lipinski definition) is 2. The van der Waals surface area contributed by atoms with Crippen molar-refractivity contribution in [3.63, 3.8) is 0 Å². The number of H-pyrrole nitrogens is 2. The number of aryl methyl sites for hydroxylation is 1. The summed E-state index contributed by atoms with van der Waals surface area (Å²) in [5.41, 5.74) is 6.35. The van der Waals surface area contributed by atoms with Gasteiger partial charge in [0, 0.05) is 11.3 Å². The number of nitrogens with one attached hydrogen (secondary N) is 2. The van der Waals surface area contributed by atoms with Crippen molar-refractivity contribution in [1.29, 1.82) is 0 Å². The smallest absolute Gasteiger partial charge is 0.112 e.